The molecule has 2 heterocycles. The fourth-order valence-electron chi connectivity index (χ4n) is 2.26. The molecule has 0 aliphatic heterocycles. The molecular weight excluding hydrogens is 342 g/mol. The van der Waals surface area contributed by atoms with Gasteiger partial charge in [-0.2, -0.15) is 5.10 Å². The highest BCUT2D eigenvalue weighted by Crippen LogP contribution is 2.26. The van der Waals surface area contributed by atoms with Gasteiger partial charge < -0.3 is 4.42 Å². The van der Waals surface area contributed by atoms with Gasteiger partial charge in [0, 0.05) is 10.6 Å². The van der Waals surface area contributed by atoms with Gasteiger partial charge in [-0.15, -0.1) is 0 Å². The van der Waals surface area contributed by atoms with Crippen LogP contribution in [0.3, 0.4) is 0 Å². The SMILES string of the molecule is Clc1ccc(-c2ccc(C=NNc3nc4ccccc4s3)o2)cc1. The van der Waals surface area contributed by atoms with Crippen LogP contribution in [0.25, 0.3) is 21.5 Å². The molecule has 4 aromatic rings. The molecule has 2 aromatic heterocycles. The molecule has 2 aromatic carbocycles. The van der Waals surface area contributed by atoms with Crippen LogP contribution in [0.5, 0.6) is 0 Å². The number of fused-ring (bicyclic) bond motifs is 1. The van der Waals surface area contributed by atoms with E-state index in [1.165, 1.54) is 0 Å². The van der Waals surface area contributed by atoms with Gasteiger partial charge in [0.1, 0.15) is 11.5 Å². The zero-order valence-corrected chi connectivity index (χ0v) is 14.0. The minimum absolute atomic E-state index is 0.661. The first-order valence-electron chi connectivity index (χ1n) is 7.28. The smallest absolute Gasteiger partial charge is 0.204 e. The molecule has 0 atom stereocenters. The van der Waals surface area contributed by atoms with Gasteiger partial charge in [0.2, 0.25) is 5.13 Å². The molecule has 118 valence electrons. The number of para-hydroxylation sites is 1. The van der Waals surface area contributed by atoms with Crippen molar-refractivity contribution in [3.63, 3.8) is 0 Å². The molecule has 0 aliphatic carbocycles. The molecule has 4 rings (SSSR count). The highest BCUT2D eigenvalue weighted by Gasteiger charge is 2.04. The second-order valence-corrected chi connectivity index (χ2v) is 6.53. The molecule has 0 fully saturated rings. The summed E-state index contributed by atoms with van der Waals surface area (Å²) in [5.41, 5.74) is 4.87. The van der Waals surface area contributed by atoms with Crippen molar-refractivity contribution in [2.24, 2.45) is 5.10 Å². The standard InChI is InChI=1S/C18H12ClN3OS/c19-13-7-5-12(6-8-13)16-10-9-14(23-16)11-20-22-18-21-15-3-1-2-4-17(15)24-18/h1-11H,(H,21,22). The molecule has 0 spiro atoms. The summed E-state index contributed by atoms with van der Waals surface area (Å²) < 4.78 is 6.88. The van der Waals surface area contributed by atoms with Crippen molar-refractivity contribution in [1.29, 1.82) is 0 Å². The Morgan fingerprint density at radius 2 is 1.88 bits per heavy atom. The van der Waals surface area contributed by atoms with Crippen LogP contribution < -0.4 is 5.43 Å². The zero-order chi connectivity index (χ0) is 16.4. The molecule has 6 heteroatoms. The lowest BCUT2D eigenvalue weighted by Crippen LogP contribution is -1.88. The van der Waals surface area contributed by atoms with Gasteiger partial charge in [-0.05, 0) is 48.5 Å². The van der Waals surface area contributed by atoms with Gasteiger partial charge in [0.15, 0.2) is 0 Å². The molecular formula is C18H12ClN3OS. The highest BCUT2D eigenvalue weighted by molar-refractivity contribution is 7.22. The fraction of sp³-hybridized carbons (Fsp3) is 0. The Labute approximate surface area is 147 Å². The second-order valence-electron chi connectivity index (χ2n) is 5.07. The predicted molar refractivity (Wildman–Crippen MR) is 100.0 cm³/mol. The Balaban J connectivity index is 1.47. The summed E-state index contributed by atoms with van der Waals surface area (Å²) in [4.78, 5) is 4.46. The second kappa shape index (κ2) is 6.47. The van der Waals surface area contributed by atoms with Crippen molar-refractivity contribution in [2.75, 3.05) is 5.43 Å². The molecule has 0 aliphatic rings. The quantitative estimate of drug-likeness (QED) is 0.380. The van der Waals surface area contributed by atoms with E-state index in [4.69, 9.17) is 16.0 Å². The maximum Gasteiger partial charge on any atom is 0.204 e. The van der Waals surface area contributed by atoms with E-state index < -0.39 is 0 Å². The third-order valence-corrected chi connectivity index (χ3v) is 4.59. The third-order valence-electron chi connectivity index (χ3n) is 3.40. The largest absolute Gasteiger partial charge is 0.455 e. The summed E-state index contributed by atoms with van der Waals surface area (Å²) in [6, 6.07) is 19.3. The number of benzene rings is 2. The highest BCUT2D eigenvalue weighted by atomic mass is 35.5. The van der Waals surface area contributed by atoms with E-state index in [9.17, 15) is 0 Å². The van der Waals surface area contributed by atoms with Crippen LogP contribution in [-0.2, 0) is 0 Å². The van der Waals surface area contributed by atoms with Crippen molar-refractivity contribution < 1.29 is 4.42 Å². The van der Waals surface area contributed by atoms with Gasteiger partial charge in [0.05, 0.1) is 16.4 Å². The fourth-order valence-corrected chi connectivity index (χ4v) is 3.20. The van der Waals surface area contributed by atoms with Gasteiger partial charge in [-0.1, -0.05) is 35.1 Å². The summed E-state index contributed by atoms with van der Waals surface area (Å²) in [5.74, 6) is 1.43. The summed E-state index contributed by atoms with van der Waals surface area (Å²) >= 11 is 7.45. The number of hydrazone groups is 1. The number of anilines is 1. The summed E-state index contributed by atoms with van der Waals surface area (Å²) in [5, 5.41) is 5.63. The van der Waals surface area contributed by atoms with Crippen LogP contribution in [0.2, 0.25) is 5.02 Å². The van der Waals surface area contributed by atoms with Gasteiger partial charge in [-0.3, -0.25) is 5.43 Å². The van der Waals surface area contributed by atoms with Gasteiger partial charge in [-0.25, -0.2) is 4.98 Å². The summed E-state index contributed by atoms with van der Waals surface area (Å²) in [6.45, 7) is 0. The first-order valence-corrected chi connectivity index (χ1v) is 8.48. The van der Waals surface area contributed by atoms with Crippen molar-refractivity contribution >= 4 is 44.5 Å². The van der Waals surface area contributed by atoms with E-state index >= 15 is 0 Å². The van der Waals surface area contributed by atoms with Crippen molar-refractivity contribution in [3.8, 4) is 11.3 Å². The third kappa shape index (κ3) is 3.18. The number of nitrogens with one attached hydrogen (secondary N) is 1. The minimum atomic E-state index is 0.661. The van der Waals surface area contributed by atoms with Gasteiger partial charge >= 0.3 is 0 Å². The Morgan fingerprint density at radius 3 is 2.71 bits per heavy atom. The molecule has 0 amide bonds. The molecule has 0 radical (unpaired) electrons. The number of halogens is 1. The maximum absolute atomic E-state index is 5.90. The number of hydrogen-bond donors (Lipinski definition) is 1. The van der Waals surface area contributed by atoms with Crippen LogP contribution in [0.1, 0.15) is 5.76 Å². The molecule has 1 N–H and O–H groups in total. The number of thiazole rings is 1. The van der Waals surface area contributed by atoms with E-state index in [1.54, 1.807) is 17.6 Å². The van der Waals surface area contributed by atoms with E-state index in [0.29, 0.717) is 10.8 Å². The van der Waals surface area contributed by atoms with Crippen molar-refractivity contribution in [2.45, 2.75) is 0 Å². The van der Waals surface area contributed by atoms with Crippen molar-refractivity contribution in [3.05, 3.63) is 71.4 Å². The first kappa shape index (κ1) is 14.9. The van der Waals surface area contributed by atoms with Crippen LogP contribution in [0, 0.1) is 0 Å². The molecule has 0 saturated carbocycles. The molecule has 24 heavy (non-hydrogen) atoms. The van der Waals surface area contributed by atoms with Crippen LogP contribution in [0.15, 0.2) is 70.2 Å². The van der Waals surface area contributed by atoms with Crippen LogP contribution in [-0.4, -0.2) is 11.2 Å². The number of rotatable bonds is 4. The Kier molecular flexibility index (Phi) is 4.02. The molecule has 0 bridgehead atoms. The Morgan fingerprint density at radius 1 is 1.04 bits per heavy atom. The summed E-state index contributed by atoms with van der Waals surface area (Å²) in [6.07, 6.45) is 1.63. The Bertz CT molecular complexity index is 971. The molecule has 0 saturated heterocycles. The number of hydrogen-bond acceptors (Lipinski definition) is 5. The van der Waals surface area contributed by atoms with E-state index in [0.717, 1.165) is 26.7 Å². The van der Waals surface area contributed by atoms with Crippen molar-refractivity contribution in [1.82, 2.24) is 4.98 Å². The average Bonchev–Trinajstić information content (AvgIpc) is 3.22. The molecule has 0 unspecified atom stereocenters. The topological polar surface area (TPSA) is 50.4 Å². The molecule has 4 nitrogen and oxygen atoms in total. The zero-order valence-electron chi connectivity index (χ0n) is 12.4. The lowest BCUT2D eigenvalue weighted by Gasteiger charge is -1.96. The minimum Gasteiger partial charge on any atom is -0.455 e. The normalized spacial score (nSPS) is 11.4. The average molecular weight is 354 g/mol. The van der Waals surface area contributed by atoms with Crippen LogP contribution >= 0.6 is 22.9 Å². The van der Waals surface area contributed by atoms with E-state index in [1.807, 2.05) is 60.7 Å². The first-order chi connectivity index (χ1) is 11.8. The van der Waals surface area contributed by atoms with Crippen LogP contribution in [0.4, 0.5) is 5.13 Å². The summed E-state index contributed by atoms with van der Waals surface area (Å²) in [7, 11) is 0. The predicted octanol–water partition coefficient (Wildman–Crippen LogP) is 5.66. The number of aromatic nitrogens is 1. The number of furan rings is 1. The lowest BCUT2D eigenvalue weighted by atomic mass is 10.2. The Hall–Kier alpha value is -2.63. The van der Waals surface area contributed by atoms with E-state index in [-0.39, 0.29) is 0 Å². The van der Waals surface area contributed by atoms with Gasteiger partial charge in [0.25, 0.3) is 0 Å². The lowest BCUT2D eigenvalue weighted by molar-refractivity contribution is 0.575. The maximum atomic E-state index is 5.90. The number of nitrogens with zero attached hydrogens (tertiary/aromatic N) is 2. The monoisotopic (exact) mass is 353 g/mol. The van der Waals surface area contributed by atoms with E-state index in [2.05, 4.69) is 15.5 Å².